The number of halogens is 2. The molecule has 0 spiro atoms. The van der Waals surface area contributed by atoms with E-state index in [2.05, 4.69) is 57.0 Å². The van der Waals surface area contributed by atoms with Crippen LogP contribution in [0.15, 0.2) is 19.7 Å². The fourth-order valence-corrected chi connectivity index (χ4v) is 3.75. The zero-order valence-corrected chi connectivity index (χ0v) is 11.5. The number of allylic oxidation sites excluding steroid dienone is 1. The largest absolute Gasteiger partial charge is 0.121 e. The number of hydrogen-bond acceptors (Lipinski definition) is 1. The molecular weight excluding hydrogens is 312 g/mol. The Labute approximate surface area is 100 Å². The van der Waals surface area contributed by atoms with Crippen LogP contribution in [-0.4, -0.2) is 0 Å². The summed E-state index contributed by atoms with van der Waals surface area (Å²) < 4.78 is 2.38. The molecule has 1 heterocycles. The molecule has 0 saturated carbocycles. The first kappa shape index (κ1) is 11.5. The van der Waals surface area contributed by atoms with Crippen molar-refractivity contribution < 1.29 is 0 Å². The summed E-state index contributed by atoms with van der Waals surface area (Å²) in [5, 5.41) is 0. The van der Waals surface area contributed by atoms with Gasteiger partial charge in [0.25, 0.3) is 0 Å². The molecule has 0 aliphatic carbocycles. The van der Waals surface area contributed by atoms with Crippen LogP contribution in [0.2, 0.25) is 0 Å². The third-order valence-electron chi connectivity index (χ3n) is 1.70. The summed E-state index contributed by atoms with van der Waals surface area (Å²) in [6, 6.07) is 2.14. The summed E-state index contributed by atoms with van der Waals surface area (Å²) in [5.41, 5.74) is 1.27. The molecule has 0 unspecified atom stereocenters. The van der Waals surface area contributed by atoms with Gasteiger partial charge in [-0.05, 0) is 44.3 Å². The van der Waals surface area contributed by atoms with Crippen molar-refractivity contribution in [1.29, 1.82) is 0 Å². The van der Waals surface area contributed by atoms with Gasteiger partial charge in [0, 0.05) is 5.56 Å². The van der Waals surface area contributed by atoms with Crippen molar-refractivity contribution in [3.63, 3.8) is 0 Å². The number of hydrogen-bond donors (Lipinski definition) is 0. The van der Waals surface area contributed by atoms with Crippen molar-refractivity contribution in [3.05, 3.63) is 25.3 Å². The van der Waals surface area contributed by atoms with Crippen LogP contribution in [0.25, 0.3) is 6.08 Å². The van der Waals surface area contributed by atoms with Gasteiger partial charge in [0.15, 0.2) is 0 Å². The molecule has 0 nitrogen and oxygen atoms in total. The summed E-state index contributed by atoms with van der Waals surface area (Å²) >= 11 is 8.70. The number of thiophene rings is 1. The molecule has 0 saturated heterocycles. The zero-order valence-electron chi connectivity index (χ0n) is 7.52. The van der Waals surface area contributed by atoms with Gasteiger partial charge in [0.2, 0.25) is 0 Å². The Morgan fingerprint density at radius 3 is 2.77 bits per heavy atom. The number of rotatable bonds is 4. The highest BCUT2D eigenvalue weighted by Crippen LogP contribution is 2.32. The van der Waals surface area contributed by atoms with E-state index in [-0.39, 0.29) is 0 Å². The van der Waals surface area contributed by atoms with E-state index < -0.39 is 0 Å². The Bertz CT molecular complexity index is 289. The SMILES string of the molecule is CCCC/C=C\c1cc(Br)sc1Br. The highest BCUT2D eigenvalue weighted by molar-refractivity contribution is 9.12. The third-order valence-corrected chi connectivity index (χ3v) is 4.09. The van der Waals surface area contributed by atoms with Crippen LogP contribution in [0.5, 0.6) is 0 Å². The predicted molar refractivity (Wildman–Crippen MR) is 68.3 cm³/mol. The molecule has 0 aromatic carbocycles. The van der Waals surface area contributed by atoms with Crippen molar-refractivity contribution >= 4 is 49.3 Å². The molecule has 13 heavy (non-hydrogen) atoms. The lowest BCUT2D eigenvalue weighted by atomic mass is 10.2. The zero-order chi connectivity index (χ0) is 9.68. The van der Waals surface area contributed by atoms with Gasteiger partial charge in [-0.15, -0.1) is 11.3 Å². The molecule has 0 radical (unpaired) electrons. The molecule has 1 aromatic heterocycles. The van der Waals surface area contributed by atoms with Crippen LogP contribution >= 0.6 is 43.2 Å². The monoisotopic (exact) mass is 322 g/mol. The lowest BCUT2D eigenvalue weighted by Gasteiger charge is -1.89. The second kappa shape index (κ2) is 5.99. The fraction of sp³-hybridized carbons (Fsp3) is 0.400. The van der Waals surface area contributed by atoms with E-state index in [1.807, 2.05) is 0 Å². The lowest BCUT2D eigenvalue weighted by Crippen LogP contribution is -1.67. The molecule has 0 amide bonds. The molecule has 3 heteroatoms. The minimum atomic E-state index is 1.18. The molecule has 0 atom stereocenters. The van der Waals surface area contributed by atoms with Crippen LogP contribution in [0.4, 0.5) is 0 Å². The van der Waals surface area contributed by atoms with Gasteiger partial charge in [-0.25, -0.2) is 0 Å². The van der Waals surface area contributed by atoms with Gasteiger partial charge < -0.3 is 0 Å². The second-order valence-electron chi connectivity index (χ2n) is 2.82. The third kappa shape index (κ3) is 3.96. The molecule has 1 aromatic rings. The first-order chi connectivity index (χ1) is 6.24. The van der Waals surface area contributed by atoms with Gasteiger partial charge in [0.1, 0.15) is 0 Å². The van der Waals surface area contributed by atoms with Crippen molar-refractivity contribution in [2.24, 2.45) is 0 Å². The Morgan fingerprint density at radius 2 is 2.23 bits per heavy atom. The molecule has 0 bridgehead atoms. The molecule has 0 fully saturated rings. The first-order valence-electron chi connectivity index (χ1n) is 4.35. The Hall–Kier alpha value is 0.400. The molecular formula is C10H12Br2S. The average molecular weight is 324 g/mol. The highest BCUT2D eigenvalue weighted by Gasteiger charge is 2.00. The van der Waals surface area contributed by atoms with Gasteiger partial charge in [-0.1, -0.05) is 31.9 Å². The Balaban J connectivity index is 2.53. The number of unbranched alkanes of at least 4 members (excludes halogenated alkanes) is 2. The Morgan fingerprint density at radius 1 is 1.46 bits per heavy atom. The second-order valence-corrected chi connectivity index (χ2v) is 6.57. The minimum absolute atomic E-state index is 1.18. The predicted octanol–water partition coefficient (Wildman–Crippen LogP) is 5.48. The van der Waals surface area contributed by atoms with E-state index in [1.165, 1.54) is 32.4 Å². The van der Waals surface area contributed by atoms with E-state index >= 15 is 0 Å². The van der Waals surface area contributed by atoms with Crippen LogP contribution in [0.1, 0.15) is 31.7 Å². The molecule has 0 N–H and O–H groups in total. The summed E-state index contributed by atoms with van der Waals surface area (Å²) in [7, 11) is 0. The van der Waals surface area contributed by atoms with Gasteiger partial charge in [-0.2, -0.15) is 0 Å². The van der Waals surface area contributed by atoms with Crippen LogP contribution in [-0.2, 0) is 0 Å². The van der Waals surface area contributed by atoms with Gasteiger partial charge >= 0.3 is 0 Å². The smallest absolute Gasteiger partial charge is 0.0782 e. The van der Waals surface area contributed by atoms with E-state index in [4.69, 9.17) is 0 Å². The molecule has 1 rings (SSSR count). The van der Waals surface area contributed by atoms with Gasteiger partial charge in [0.05, 0.1) is 7.57 Å². The normalized spacial score (nSPS) is 11.3. The van der Waals surface area contributed by atoms with Crippen molar-refractivity contribution in [1.82, 2.24) is 0 Å². The van der Waals surface area contributed by atoms with Gasteiger partial charge in [-0.3, -0.25) is 0 Å². The van der Waals surface area contributed by atoms with E-state index in [0.29, 0.717) is 0 Å². The highest BCUT2D eigenvalue weighted by atomic mass is 79.9. The first-order valence-corrected chi connectivity index (χ1v) is 6.75. The quantitative estimate of drug-likeness (QED) is 0.644. The van der Waals surface area contributed by atoms with Crippen LogP contribution in [0, 0.1) is 0 Å². The maximum Gasteiger partial charge on any atom is 0.0782 e. The fourth-order valence-electron chi connectivity index (χ4n) is 0.999. The Kier molecular flexibility index (Phi) is 5.29. The average Bonchev–Trinajstić information content (AvgIpc) is 2.39. The lowest BCUT2D eigenvalue weighted by molar-refractivity contribution is 0.816. The topological polar surface area (TPSA) is 0 Å². The van der Waals surface area contributed by atoms with Crippen LogP contribution in [0.3, 0.4) is 0 Å². The summed E-state index contributed by atoms with van der Waals surface area (Å²) in [5.74, 6) is 0. The maximum absolute atomic E-state index is 3.52. The van der Waals surface area contributed by atoms with Crippen LogP contribution < -0.4 is 0 Å². The molecule has 0 aliphatic heterocycles. The maximum atomic E-state index is 3.52. The van der Waals surface area contributed by atoms with Crippen molar-refractivity contribution in [3.8, 4) is 0 Å². The van der Waals surface area contributed by atoms with Crippen molar-refractivity contribution in [2.75, 3.05) is 0 Å². The minimum Gasteiger partial charge on any atom is -0.121 e. The van der Waals surface area contributed by atoms with E-state index in [0.717, 1.165) is 0 Å². The van der Waals surface area contributed by atoms with Crippen molar-refractivity contribution in [2.45, 2.75) is 26.2 Å². The summed E-state index contributed by atoms with van der Waals surface area (Å²) in [6.07, 6.45) is 8.14. The molecule has 0 aliphatic rings. The van der Waals surface area contributed by atoms with E-state index in [1.54, 1.807) is 11.3 Å². The molecule has 72 valence electrons. The summed E-state index contributed by atoms with van der Waals surface area (Å²) in [6.45, 7) is 2.21. The standard InChI is InChI=1S/C10H12Br2S/c1-2-3-4-5-6-8-7-9(11)13-10(8)12/h5-7H,2-4H2,1H3/b6-5-. The summed E-state index contributed by atoms with van der Waals surface area (Å²) in [4.78, 5) is 0. The van der Waals surface area contributed by atoms with E-state index in [9.17, 15) is 0 Å².